The van der Waals surface area contributed by atoms with Crippen molar-refractivity contribution in [3.8, 4) is 34.0 Å². The van der Waals surface area contributed by atoms with Crippen molar-refractivity contribution in [2.45, 2.75) is 13.1 Å². The number of hydrogen-bond donors (Lipinski definition) is 2. The van der Waals surface area contributed by atoms with E-state index < -0.39 is 34.0 Å². The molecule has 0 fully saturated rings. The van der Waals surface area contributed by atoms with Crippen LogP contribution < -0.4 is 0 Å². The minimum Gasteiger partial charge on any atom is -0.504 e. The summed E-state index contributed by atoms with van der Waals surface area (Å²) in [5.41, 5.74) is 0.207. The van der Waals surface area contributed by atoms with Crippen molar-refractivity contribution < 1.29 is 28.3 Å². The third kappa shape index (κ3) is 3.24. The second-order valence-electron chi connectivity index (χ2n) is 6.11. The molecular weight excluding hydrogens is 379 g/mol. The largest absolute Gasteiger partial charge is 0.504 e. The van der Waals surface area contributed by atoms with E-state index in [9.17, 15) is 33.5 Å². The molecule has 0 aliphatic carbocycles. The van der Waals surface area contributed by atoms with Gasteiger partial charge in [-0.05, 0) is 37.3 Å². The molecule has 0 saturated carbocycles. The van der Waals surface area contributed by atoms with Gasteiger partial charge < -0.3 is 14.8 Å². The van der Waals surface area contributed by atoms with Gasteiger partial charge in [0.05, 0.1) is 10.6 Å². The van der Waals surface area contributed by atoms with Gasteiger partial charge >= 0.3 is 11.9 Å². The molecule has 2 heterocycles. The molecule has 28 heavy (non-hydrogen) atoms. The molecule has 10 heteroatoms. The predicted molar refractivity (Wildman–Crippen MR) is 93.8 cm³/mol. The molecule has 0 aliphatic rings. The Balaban J connectivity index is 2.10. The average molecular weight is 393 g/mol. The quantitative estimate of drug-likeness (QED) is 0.390. The monoisotopic (exact) mass is 393 g/mol. The van der Waals surface area contributed by atoms with Crippen LogP contribution in [0.4, 0.5) is 18.9 Å². The summed E-state index contributed by atoms with van der Waals surface area (Å²) in [6, 6.07) is 7.68. The molecular formula is C18H14F3N3O4. The minimum atomic E-state index is -4.55. The molecule has 7 nitrogen and oxygen atoms in total. The van der Waals surface area contributed by atoms with Gasteiger partial charge in [-0.25, -0.2) is 4.98 Å². The lowest BCUT2D eigenvalue weighted by molar-refractivity contribution is -0.385. The van der Waals surface area contributed by atoms with Gasteiger partial charge in [-0.3, -0.25) is 10.1 Å². The fourth-order valence-electron chi connectivity index (χ4n) is 2.95. The van der Waals surface area contributed by atoms with Crippen LogP contribution in [-0.2, 0) is 13.2 Å². The molecule has 146 valence electrons. The van der Waals surface area contributed by atoms with E-state index in [1.165, 1.54) is 19.1 Å². The third-order valence-corrected chi connectivity index (χ3v) is 4.34. The molecule has 2 N–H and O–H groups in total. The van der Waals surface area contributed by atoms with Crippen molar-refractivity contribution in [2.24, 2.45) is 7.05 Å². The van der Waals surface area contributed by atoms with Gasteiger partial charge in [0, 0.05) is 35.6 Å². The Bertz CT molecular complexity index is 1090. The molecule has 3 aromatic rings. The SMILES string of the molecule is Cc1nc(C(F)(F)F)ccc1-c1ccc(-c2cc(O)c(O)c([N+](=O)[O-])c2)n1C. The molecule has 0 aliphatic heterocycles. The fraction of sp³-hybridized carbons (Fsp3) is 0.167. The van der Waals surface area contributed by atoms with E-state index >= 15 is 0 Å². The van der Waals surface area contributed by atoms with Gasteiger partial charge in [0.1, 0.15) is 5.69 Å². The van der Waals surface area contributed by atoms with Crippen LogP contribution in [0.25, 0.3) is 22.5 Å². The van der Waals surface area contributed by atoms with Crippen LogP contribution in [0, 0.1) is 17.0 Å². The topological polar surface area (TPSA) is 101 Å². The Labute approximate surface area is 156 Å². The Hall–Kier alpha value is -3.56. The number of benzene rings is 1. The molecule has 0 atom stereocenters. The molecule has 0 radical (unpaired) electrons. The lowest BCUT2D eigenvalue weighted by Crippen LogP contribution is -2.09. The molecule has 2 aromatic heterocycles. The van der Waals surface area contributed by atoms with Crippen molar-refractivity contribution in [1.82, 2.24) is 9.55 Å². The maximum absolute atomic E-state index is 12.8. The molecule has 1 aromatic carbocycles. The summed E-state index contributed by atoms with van der Waals surface area (Å²) >= 11 is 0. The number of nitrogens with zero attached hydrogens (tertiary/aromatic N) is 3. The summed E-state index contributed by atoms with van der Waals surface area (Å²) in [7, 11) is 1.62. The molecule has 3 rings (SSSR count). The van der Waals surface area contributed by atoms with E-state index in [0.717, 1.165) is 12.1 Å². The highest BCUT2D eigenvalue weighted by Gasteiger charge is 2.33. The van der Waals surface area contributed by atoms with Crippen molar-refractivity contribution >= 4 is 5.69 Å². The van der Waals surface area contributed by atoms with Gasteiger partial charge in [-0.2, -0.15) is 13.2 Å². The van der Waals surface area contributed by atoms with Crippen LogP contribution in [0.1, 0.15) is 11.4 Å². The van der Waals surface area contributed by atoms with Crippen molar-refractivity contribution in [1.29, 1.82) is 0 Å². The number of aromatic nitrogens is 2. The van der Waals surface area contributed by atoms with Gasteiger partial charge in [0.15, 0.2) is 5.75 Å². The van der Waals surface area contributed by atoms with E-state index in [4.69, 9.17) is 0 Å². The number of nitro benzene ring substituents is 1. The second-order valence-corrected chi connectivity index (χ2v) is 6.11. The summed E-state index contributed by atoms with van der Waals surface area (Å²) in [6.45, 7) is 1.45. The first-order valence-corrected chi connectivity index (χ1v) is 7.92. The van der Waals surface area contributed by atoms with Crippen LogP contribution >= 0.6 is 0 Å². The van der Waals surface area contributed by atoms with Crippen LogP contribution in [0.5, 0.6) is 11.5 Å². The smallest absolute Gasteiger partial charge is 0.433 e. The number of aryl methyl sites for hydroxylation is 1. The zero-order chi connectivity index (χ0) is 20.8. The number of aromatic hydroxyl groups is 2. The summed E-state index contributed by atoms with van der Waals surface area (Å²) in [4.78, 5) is 13.8. The number of alkyl halides is 3. The molecule has 0 amide bonds. The lowest BCUT2D eigenvalue weighted by atomic mass is 10.1. The second kappa shape index (κ2) is 6.55. The lowest BCUT2D eigenvalue weighted by Gasteiger charge is -2.12. The molecule has 0 unspecified atom stereocenters. The van der Waals surface area contributed by atoms with Crippen molar-refractivity contribution in [2.75, 3.05) is 0 Å². The first-order chi connectivity index (χ1) is 13.0. The summed E-state index contributed by atoms with van der Waals surface area (Å²) < 4.78 is 40.0. The van der Waals surface area contributed by atoms with Crippen LogP contribution in [-0.4, -0.2) is 24.7 Å². The minimum absolute atomic E-state index is 0.169. The van der Waals surface area contributed by atoms with Crippen molar-refractivity contribution in [3.05, 3.63) is 57.9 Å². The maximum atomic E-state index is 12.8. The van der Waals surface area contributed by atoms with Crippen molar-refractivity contribution in [3.63, 3.8) is 0 Å². The summed E-state index contributed by atoms with van der Waals surface area (Å²) in [6.07, 6.45) is -4.55. The molecule has 0 saturated heterocycles. The van der Waals surface area contributed by atoms with E-state index in [1.807, 2.05) is 0 Å². The van der Waals surface area contributed by atoms with Gasteiger partial charge in [0.25, 0.3) is 0 Å². The average Bonchev–Trinajstić information content (AvgIpc) is 2.97. The number of rotatable bonds is 3. The zero-order valence-corrected chi connectivity index (χ0v) is 14.7. The normalized spacial score (nSPS) is 11.6. The van der Waals surface area contributed by atoms with Gasteiger partial charge in [0.2, 0.25) is 5.75 Å². The number of pyridine rings is 1. The first kappa shape index (κ1) is 19.2. The standard InChI is InChI=1S/C18H14F3N3O4/c1-9-11(3-6-16(22-9)18(19,20)21)13-5-4-12(23(13)2)10-7-14(24(27)28)17(26)15(25)8-10/h3-8,25-26H,1-2H3. The highest BCUT2D eigenvalue weighted by Crippen LogP contribution is 2.40. The summed E-state index contributed by atoms with van der Waals surface area (Å²) in [5, 5.41) is 30.5. The first-order valence-electron chi connectivity index (χ1n) is 7.92. The highest BCUT2D eigenvalue weighted by atomic mass is 19.4. The van der Waals surface area contributed by atoms with Crippen LogP contribution in [0.15, 0.2) is 36.4 Å². The molecule has 0 spiro atoms. The fourth-order valence-corrected chi connectivity index (χ4v) is 2.95. The van der Waals surface area contributed by atoms with Gasteiger partial charge in [-0.15, -0.1) is 0 Å². The summed E-state index contributed by atoms with van der Waals surface area (Å²) in [5.74, 6) is -1.50. The van der Waals surface area contributed by atoms with E-state index in [-0.39, 0.29) is 11.3 Å². The van der Waals surface area contributed by atoms with E-state index in [1.54, 1.807) is 23.7 Å². The Morgan fingerprint density at radius 1 is 1.11 bits per heavy atom. The maximum Gasteiger partial charge on any atom is 0.433 e. The van der Waals surface area contributed by atoms with Crippen LogP contribution in [0.3, 0.4) is 0 Å². The Morgan fingerprint density at radius 3 is 2.32 bits per heavy atom. The third-order valence-electron chi connectivity index (χ3n) is 4.34. The number of nitro groups is 1. The zero-order valence-electron chi connectivity index (χ0n) is 14.7. The van der Waals surface area contributed by atoms with Gasteiger partial charge in [-0.1, -0.05) is 0 Å². The molecule has 0 bridgehead atoms. The number of halogens is 3. The highest BCUT2D eigenvalue weighted by molar-refractivity contribution is 5.75. The Kier molecular flexibility index (Phi) is 4.50. The number of phenolic OH excluding ortho intramolecular Hbond substituents is 2. The Morgan fingerprint density at radius 2 is 1.75 bits per heavy atom. The number of hydrogen-bond acceptors (Lipinski definition) is 5. The number of phenols is 2. The van der Waals surface area contributed by atoms with E-state index in [0.29, 0.717) is 17.0 Å². The van der Waals surface area contributed by atoms with E-state index in [2.05, 4.69) is 4.98 Å². The van der Waals surface area contributed by atoms with Crippen LogP contribution in [0.2, 0.25) is 0 Å². The predicted octanol–water partition coefficient (Wildman–Crippen LogP) is 4.40.